The van der Waals surface area contributed by atoms with Crippen molar-refractivity contribution in [3.05, 3.63) is 76.1 Å². The molecule has 1 N–H and O–H groups in total. The van der Waals surface area contributed by atoms with Crippen molar-refractivity contribution < 1.29 is 13.2 Å². The minimum absolute atomic E-state index is 0.0706. The third-order valence-electron chi connectivity index (χ3n) is 5.85. The minimum atomic E-state index is -4.02. The molecule has 0 bridgehead atoms. The van der Waals surface area contributed by atoms with Gasteiger partial charge in [0.2, 0.25) is 9.84 Å². The molecule has 1 aliphatic rings. The maximum absolute atomic E-state index is 13.4. The highest BCUT2D eigenvalue weighted by molar-refractivity contribution is 7.91. The van der Waals surface area contributed by atoms with Crippen LogP contribution in [-0.4, -0.2) is 35.1 Å². The Hall–Kier alpha value is -3.30. The summed E-state index contributed by atoms with van der Waals surface area (Å²) in [7, 11) is -4.02. The molecule has 0 aliphatic carbocycles. The molecule has 1 fully saturated rings. The first-order chi connectivity index (χ1) is 15.4. The van der Waals surface area contributed by atoms with Crippen LogP contribution in [0.3, 0.4) is 0 Å². The smallest absolute Gasteiger partial charge is 0.267 e. The van der Waals surface area contributed by atoms with Crippen molar-refractivity contribution in [1.82, 2.24) is 14.0 Å². The van der Waals surface area contributed by atoms with Crippen molar-refractivity contribution in [3.8, 4) is 0 Å². The van der Waals surface area contributed by atoms with Crippen LogP contribution in [0.4, 0.5) is 0 Å². The van der Waals surface area contributed by atoms with E-state index in [0.717, 1.165) is 18.4 Å². The van der Waals surface area contributed by atoms with E-state index in [-0.39, 0.29) is 44.5 Å². The average molecular weight is 451 g/mol. The van der Waals surface area contributed by atoms with Gasteiger partial charge in [-0.05, 0) is 49.6 Å². The predicted octanol–water partition coefficient (Wildman–Crippen LogP) is 2.45. The Morgan fingerprint density at radius 3 is 2.66 bits per heavy atom. The molecule has 5 rings (SSSR count). The third-order valence-corrected chi connectivity index (χ3v) is 7.63. The van der Waals surface area contributed by atoms with E-state index in [9.17, 15) is 13.2 Å². The summed E-state index contributed by atoms with van der Waals surface area (Å²) >= 11 is 0. The zero-order valence-electron chi connectivity index (χ0n) is 17.5. The topological polar surface area (TPSA) is 107 Å². The molecule has 1 aliphatic heterocycles. The molecule has 32 heavy (non-hydrogen) atoms. The summed E-state index contributed by atoms with van der Waals surface area (Å²) in [5, 5.41) is 8.96. The van der Waals surface area contributed by atoms with Gasteiger partial charge in [-0.1, -0.05) is 24.3 Å². The Bertz CT molecular complexity index is 1570. The van der Waals surface area contributed by atoms with E-state index in [1.165, 1.54) is 27.2 Å². The normalized spacial score (nSPS) is 16.7. The highest BCUT2D eigenvalue weighted by atomic mass is 32.2. The van der Waals surface area contributed by atoms with Crippen molar-refractivity contribution in [2.45, 2.75) is 42.2 Å². The number of sulfone groups is 1. The summed E-state index contributed by atoms with van der Waals surface area (Å²) in [6, 6.07) is 12.8. The lowest BCUT2D eigenvalue weighted by molar-refractivity contribution is 0.0965. The monoisotopic (exact) mass is 450 g/mol. The zero-order valence-corrected chi connectivity index (χ0v) is 18.3. The van der Waals surface area contributed by atoms with E-state index in [4.69, 9.17) is 15.1 Å². The second kappa shape index (κ2) is 7.68. The van der Waals surface area contributed by atoms with Crippen LogP contribution in [0.5, 0.6) is 0 Å². The summed E-state index contributed by atoms with van der Waals surface area (Å²) in [5.41, 5.74) is 0.990. The van der Waals surface area contributed by atoms with E-state index in [1.807, 2.05) is 13.0 Å². The maximum Gasteiger partial charge on any atom is 0.267 e. The molecule has 9 heteroatoms. The highest BCUT2D eigenvalue weighted by Gasteiger charge is 2.26. The molecule has 0 spiro atoms. The molecular formula is C23H22N4O4S. The summed E-state index contributed by atoms with van der Waals surface area (Å²) < 4.78 is 35.5. The van der Waals surface area contributed by atoms with Crippen molar-refractivity contribution in [2.75, 3.05) is 6.61 Å². The van der Waals surface area contributed by atoms with E-state index in [0.29, 0.717) is 12.3 Å². The minimum Gasteiger partial charge on any atom is -0.376 e. The molecule has 1 saturated heterocycles. The number of nitrogens with zero attached hydrogens (tertiary/aromatic N) is 3. The van der Waals surface area contributed by atoms with E-state index in [1.54, 1.807) is 30.5 Å². The van der Waals surface area contributed by atoms with Gasteiger partial charge in [0, 0.05) is 12.8 Å². The van der Waals surface area contributed by atoms with Gasteiger partial charge in [-0.25, -0.2) is 13.4 Å². The molecule has 0 amide bonds. The fraction of sp³-hybridized carbons (Fsp3) is 0.261. The molecule has 164 valence electrons. The van der Waals surface area contributed by atoms with E-state index < -0.39 is 9.84 Å². The second-order valence-corrected chi connectivity index (χ2v) is 9.88. The first-order valence-electron chi connectivity index (χ1n) is 10.4. The number of benzene rings is 1. The predicted molar refractivity (Wildman–Crippen MR) is 118 cm³/mol. The fourth-order valence-electron chi connectivity index (χ4n) is 4.17. The molecule has 0 unspecified atom stereocenters. The average Bonchev–Trinajstić information content (AvgIpc) is 3.30. The lowest BCUT2D eigenvalue weighted by Gasteiger charge is -2.18. The van der Waals surface area contributed by atoms with Crippen LogP contribution in [0.25, 0.3) is 16.7 Å². The molecule has 8 nitrogen and oxygen atoms in total. The van der Waals surface area contributed by atoms with E-state index >= 15 is 0 Å². The Balaban J connectivity index is 1.88. The largest absolute Gasteiger partial charge is 0.376 e. The quantitative estimate of drug-likeness (QED) is 0.481. The van der Waals surface area contributed by atoms with Gasteiger partial charge in [0.1, 0.15) is 21.7 Å². The maximum atomic E-state index is 13.4. The third kappa shape index (κ3) is 3.25. The number of fused-ring (bicyclic) bond motifs is 2. The number of aromatic nitrogens is 3. The second-order valence-electron chi connectivity index (χ2n) is 7.96. The zero-order chi connectivity index (χ0) is 22.5. The van der Waals surface area contributed by atoms with Gasteiger partial charge in [0.15, 0.2) is 0 Å². The number of nitrogens with one attached hydrogen (secondary N) is 1. The first-order valence-corrected chi connectivity index (χ1v) is 11.9. The van der Waals surface area contributed by atoms with Crippen LogP contribution in [0.15, 0.2) is 69.3 Å². The van der Waals surface area contributed by atoms with Crippen LogP contribution < -0.4 is 11.0 Å². The van der Waals surface area contributed by atoms with Gasteiger partial charge < -0.3 is 9.30 Å². The van der Waals surface area contributed by atoms with Crippen LogP contribution in [-0.2, 0) is 21.1 Å². The lowest BCUT2D eigenvalue weighted by Crippen LogP contribution is -2.33. The number of ether oxygens (including phenoxy) is 1. The van der Waals surface area contributed by atoms with Crippen LogP contribution in [0.2, 0.25) is 0 Å². The van der Waals surface area contributed by atoms with Gasteiger partial charge in [-0.3, -0.25) is 14.6 Å². The molecule has 4 aromatic rings. The van der Waals surface area contributed by atoms with Crippen LogP contribution in [0, 0.1) is 12.3 Å². The number of rotatable bonds is 4. The molecule has 3 aromatic heterocycles. The Kier molecular flexibility index (Phi) is 4.94. The molecule has 1 aromatic carbocycles. The summed E-state index contributed by atoms with van der Waals surface area (Å²) in [4.78, 5) is 17.9. The lowest BCUT2D eigenvalue weighted by atomic mass is 10.2. The molecule has 0 radical (unpaired) electrons. The van der Waals surface area contributed by atoms with Gasteiger partial charge in [0.05, 0.1) is 22.9 Å². The Labute approximate surface area is 184 Å². The summed E-state index contributed by atoms with van der Waals surface area (Å²) in [6.07, 6.45) is 3.15. The van der Waals surface area contributed by atoms with Crippen molar-refractivity contribution >= 4 is 26.5 Å². The Morgan fingerprint density at radius 2 is 1.94 bits per heavy atom. The summed E-state index contributed by atoms with van der Waals surface area (Å²) in [6.45, 7) is 2.73. The van der Waals surface area contributed by atoms with Gasteiger partial charge in [-0.15, -0.1) is 0 Å². The highest BCUT2D eigenvalue weighted by Crippen LogP contribution is 2.22. The molecule has 0 saturated carbocycles. The Morgan fingerprint density at radius 1 is 1.16 bits per heavy atom. The van der Waals surface area contributed by atoms with Crippen molar-refractivity contribution in [2.24, 2.45) is 0 Å². The standard InChI is InChI=1S/C23H22N4O4S/c1-15-7-5-11-26-21(15)25-22-18(23(26)28)13-19(32(29,30)17-9-3-2-4-10-17)20(24)27(22)14-16-8-6-12-31-16/h2-5,7,9-11,13,16,24H,6,8,12,14H2,1H3/t16-/m0/s1. The molecule has 4 heterocycles. The molecular weight excluding hydrogens is 428 g/mol. The number of hydrogen-bond acceptors (Lipinski definition) is 6. The van der Waals surface area contributed by atoms with Crippen LogP contribution in [0.1, 0.15) is 18.4 Å². The number of pyridine rings is 2. The molecule has 1 atom stereocenters. The van der Waals surface area contributed by atoms with Crippen molar-refractivity contribution in [3.63, 3.8) is 0 Å². The summed E-state index contributed by atoms with van der Waals surface area (Å²) in [5.74, 6) is 0. The first kappa shape index (κ1) is 20.6. The van der Waals surface area contributed by atoms with E-state index in [2.05, 4.69) is 0 Å². The number of aryl methyl sites for hydroxylation is 1. The van der Waals surface area contributed by atoms with Gasteiger partial charge in [0.25, 0.3) is 5.56 Å². The van der Waals surface area contributed by atoms with Crippen LogP contribution >= 0.6 is 0 Å². The van der Waals surface area contributed by atoms with Crippen molar-refractivity contribution in [1.29, 1.82) is 5.41 Å². The SMILES string of the molecule is Cc1cccn2c(=O)c3cc(S(=O)(=O)c4ccccc4)c(=N)n(C[C@@H]4CCCO4)c3nc12. The van der Waals surface area contributed by atoms with Gasteiger partial charge >= 0.3 is 0 Å². The number of hydrogen-bond donors (Lipinski definition) is 1. The van der Waals surface area contributed by atoms with Gasteiger partial charge in [-0.2, -0.15) is 0 Å². The fourth-order valence-corrected chi connectivity index (χ4v) is 5.58.